The molecule has 0 fully saturated rings. The number of carbonyl (C=O) groups is 1. The standard InChI is InChI=1S/C16H20N2O3S/c1-12-3-5-14(6-4-12)21-9-15(19)17-8-7-13-11-22-16(18-13)10-20-2/h3-6,11H,7-10H2,1-2H3,(H,17,19). The molecule has 0 aliphatic carbocycles. The first kappa shape index (κ1) is 16.5. The Bertz CT molecular complexity index is 596. The van der Waals surface area contributed by atoms with Gasteiger partial charge < -0.3 is 14.8 Å². The number of rotatable bonds is 8. The van der Waals surface area contributed by atoms with Gasteiger partial charge in [0.15, 0.2) is 6.61 Å². The van der Waals surface area contributed by atoms with E-state index in [-0.39, 0.29) is 12.5 Å². The smallest absolute Gasteiger partial charge is 0.257 e. The zero-order valence-electron chi connectivity index (χ0n) is 12.8. The van der Waals surface area contributed by atoms with Gasteiger partial charge >= 0.3 is 0 Å². The normalized spacial score (nSPS) is 10.5. The molecule has 0 aliphatic rings. The quantitative estimate of drug-likeness (QED) is 0.811. The molecule has 1 amide bonds. The molecule has 2 aromatic rings. The highest BCUT2D eigenvalue weighted by molar-refractivity contribution is 7.09. The third-order valence-corrected chi connectivity index (χ3v) is 3.83. The summed E-state index contributed by atoms with van der Waals surface area (Å²) in [7, 11) is 1.65. The Labute approximate surface area is 134 Å². The molecule has 118 valence electrons. The number of amides is 1. The number of thiazole rings is 1. The SMILES string of the molecule is COCc1nc(CCNC(=O)COc2ccc(C)cc2)cs1. The average Bonchev–Trinajstić information content (AvgIpc) is 2.95. The number of benzene rings is 1. The van der Waals surface area contributed by atoms with Crippen molar-refractivity contribution in [2.75, 3.05) is 20.3 Å². The van der Waals surface area contributed by atoms with Crippen LogP contribution in [0.25, 0.3) is 0 Å². The molecular weight excluding hydrogens is 300 g/mol. The summed E-state index contributed by atoms with van der Waals surface area (Å²) in [6.07, 6.45) is 0.705. The molecule has 1 heterocycles. The second-order valence-corrected chi connectivity index (χ2v) is 5.81. The highest BCUT2D eigenvalue weighted by atomic mass is 32.1. The maximum absolute atomic E-state index is 11.7. The lowest BCUT2D eigenvalue weighted by Gasteiger charge is -2.07. The maximum Gasteiger partial charge on any atom is 0.257 e. The molecule has 2 rings (SSSR count). The number of aromatic nitrogens is 1. The number of methoxy groups -OCH3 is 1. The molecule has 22 heavy (non-hydrogen) atoms. The van der Waals surface area contributed by atoms with E-state index in [0.717, 1.165) is 16.3 Å². The van der Waals surface area contributed by atoms with Crippen molar-refractivity contribution < 1.29 is 14.3 Å². The highest BCUT2D eigenvalue weighted by Crippen LogP contribution is 2.11. The molecule has 0 bridgehead atoms. The lowest BCUT2D eigenvalue weighted by atomic mass is 10.2. The molecule has 1 N–H and O–H groups in total. The van der Waals surface area contributed by atoms with E-state index < -0.39 is 0 Å². The summed E-state index contributed by atoms with van der Waals surface area (Å²) in [5.74, 6) is 0.567. The Hall–Kier alpha value is -1.92. The van der Waals surface area contributed by atoms with Gasteiger partial charge in [-0.3, -0.25) is 4.79 Å². The Balaban J connectivity index is 1.65. The monoisotopic (exact) mass is 320 g/mol. The molecule has 0 saturated carbocycles. The first-order valence-corrected chi connectivity index (χ1v) is 7.93. The van der Waals surface area contributed by atoms with Crippen LogP contribution >= 0.6 is 11.3 Å². The molecule has 0 aliphatic heterocycles. The zero-order chi connectivity index (χ0) is 15.8. The van der Waals surface area contributed by atoms with Crippen LogP contribution in [0.3, 0.4) is 0 Å². The minimum absolute atomic E-state index is 0.0229. The van der Waals surface area contributed by atoms with E-state index in [1.807, 2.05) is 36.6 Å². The van der Waals surface area contributed by atoms with Crippen molar-refractivity contribution in [3.05, 3.63) is 45.9 Å². The van der Waals surface area contributed by atoms with Crippen LogP contribution in [-0.4, -0.2) is 31.2 Å². The second-order valence-electron chi connectivity index (χ2n) is 4.87. The van der Waals surface area contributed by atoms with Gasteiger partial charge in [0.05, 0.1) is 12.3 Å². The van der Waals surface area contributed by atoms with E-state index >= 15 is 0 Å². The number of nitrogens with zero attached hydrogens (tertiary/aromatic N) is 1. The molecule has 6 heteroatoms. The van der Waals surface area contributed by atoms with E-state index in [4.69, 9.17) is 9.47 Å². The molecule has 0 atom stereocenters. The van der Waals surface area contributed by atoms with E-state index in [0.29, 0.717) is 25.3 Å². The largest absolute Gasteiger partial charge is 0.484 e. The van der Waals surface area contributed by atoms with Crippen LogP contribution < -0.4 is 10.1 Å². The Kier molecular flexibility index (Phi) is 6.36. The molecule has 1 aromatic heterocycles. The van der Waals surface area contributed by atoms with E-state index in [2.05, 4.69) is 10.3 Å². The molecule has 0 spiro atoms. The van der Waals surface area contributed by atoms with Crippen LogP contribution in [0.15, 0.2) is 29.6 Å². The van der Waals surface area contributed by atoms with Crippen molar-refractivity contribution in [1.82, 2.24) is 10.3 Å². The summed E-state index contributed by atoms with van der Waals surface area (Å²) in [6, 6.07) is 7.62. The van der Waals surface area contributed by atoms with Gasteiger partial charge in [0, 0.05) is 25.5 Å². The summed E-state index contributed by atoms with van der Waals surface area (Å²) in [5, 5.41) is 5.76. The Morgan fingerprint density at radius 1 is 1.32 bits per heavy atom. The highest BCUT2D eigenvalue weighted by Gasteiger charge is 2.05. The van der Waals surface area contributed by atoms with Gasteiger partial charge in [0.25, 0.3) is 5.91 Å². The van der Waals surface area contributed by atoms with Crippen LogP contribution in [0.1, 0.15) is 16.3 Å². The van der Waals surface area contributed by atoms with Gasteiger partial charge in [-0.2, -0.15) is 0 Å². The molecular formula is C16H20N2O3S. The second kappa shape index (κ2) is 8.51. The molecule has 0 unspecified atom stereocenters. The number of nitrogens with one attached hydrogen (secondary N) is 1. The van der Waals surface area contributed by atoms with Crippen molar-refractivity contribution >= 4 is 17.2 Å². The fraction of sp³-hybridized carbons (Fsp3) is 0.375. The predicted octanol–water partition coefficient (Wildman–Crippen LogP) is 2.34. The summed E-state index contributed by atoms with van der Waals surface area (Å²) >= 11 is 1.57. The lowest BCUT2D eigenvalue weighted by molar-refractivity contribution is -0.123. The third-order valence-electron chi connectivity index (χ3n) is 2.96. The van der Waals surface area contributed by atoms with Crippen LogP contribution in [0.4, 0.5) is 0 Å². The average molecular weight is 320 g/mol. The van der Waals surface area contributed by atoms with Gasteiger partial charge in [-0.05, 0) is 19.1 Å². The predicted molar refractivity (Wildman–Crippen MR) is 86.2 cm³/mol. The number of ether oxygens (including phenoxy) is 2. The van der Waals surface area contributed by atoms with Crippen LogP contribution in [0, 0.1) is 6.92 Å². The fourth-order valence-electron chi connectivity index (χ4n) is 1.82. The Morgan fingerprint density at radius 3 is 2.82 bits per heavy atom. The van der Waals surface area contributed by atoms with Gasteiger partial charge in [0.1, 0.15) is 10.8 Å². The van der Waals surface area contributed by atoms with Crippen LogP contribution in [0.2, 0.25) is 0 Å². The summed E-state index contributed by atoms with van der Waals surface area (Å²) < 4.78 is 10.4. The summed E-state index contributed by atoms with van der Waals surface area (Å²) in [4.78, 5) is 16.1. The molecule has 1 aromatic carbocycles. The van der Waals surface area contributed by atoms with E-state index in [9.17, 15) is 4.79 Å². The van der Waals surface area contributed by atoms with Gasteiger partial charge in [-0.1, -0.05) is 17.7 Å². The maximum atomic E-state index is 11.7. The van der Waals surface area contributed by atoms with E-state index in [1.54, 1.807) is 18.4 Å². The first-order chi connectivity index (χ1) is 10.7. The summed E-state index contributed by atoms with van der Waals surface area (Å²) in [6.45, 7) is 3.11. The molecule has 0 saturated heterocycles. The van der Waals surface area contributed by atoms with Crippen molar-refractivity contribution in [2.24, 2.45) is 0 Å². The number of carbonyl (C=O) groups excluding carboxylic acids is 1. The Morgan fingerprint density at radius 2 is 2.09 bits per heavy atom. The van der Waals surface area contributed by atoms with Crippen LogP contribution in [0.5, 0.6) is 5.75 Å². The molecule has 0 radical (unpaired) electrons. The number of hydrogen-bond acceptors (Lipinski definition) is 5. The minimum Gasteiger partial charge on any atom is -0.484 e. The third kappa shape index (κ3) is 5.46. The van der Waals surface area contributed by atoms with Gasteiger partial charge in [-0.15, -0.1) is 11.3 Å². The molecule has 5 nitrogen and oxygen atoms in total. The van der Waals surface area contributed by atoms with Crippen LogP contribution in [-0.2, 0) is 22.6 Å². The topological polar surface area (TPSA) is 60.5 Å². The van der Waals surface area contributed by atoms with Crippen molar-refractivity contribution in [2.45, 2.75) is 20.0 Å². The minimum atomic E-state index is -0.132. The van der Waals surface area contributed by atoms with Gasteiger partial charge in [-0.25, -0.2) is 4.98 Å². The fourth-order valence-corrected chi connectivity index (χ4v) is 2.62. The summed E-state index contributed by atoms with van der Waals surface area (Å²) in [5.41, 5.74) is 2.13. The van der Waals surface area contributed by atoms with Gasteiger partial charge in [0.2, 0.25) is 0 Å². The van der Waals surface area contributed by atoms with Crippen molar-refractivity contribution in [1.29, 1.82) is 0 Å². The number of aryl methyl sites for hydroxylation is 1. The number of hydrogen-bond donors (Lipinski definition) is 1. The van der Waals surface area contributed by atoms with Crippen molar-refractivity contribution in [3.8, 4) is 5.75 Å². The lowest BCUT2D eigenvalue weighted by Crippen LogP contribution is -2.30. The first-order valence-electron chi connectivity index (χ1n) is 7.06. The van der Waals surface area contributed by atoms with E-state index in [1.165, 1.54) is 0 Å². The zero-order valence-corrected chi connectivity index (χ0v) is 13.6. The van der Waals surface area contributed by atoms with Crippen molar-refractivity contribution in [3.63, 3.8) is 0 Å².